The van der Waals surface area contributed by atoms with Crippen molar-refractivity contribution in [2.45, 2.75) is 6.54 Å². The maximum absolute atomic E-state index is 5.43. The summed E-state index contributed by atoms with van der Waals surface area (Å²) in [6.45, 7) is 0.677. The number of ether oxygens (including phenoxy) is 2. The van der Waals surface area contributed by atoms with Crippen LogP contribution in [-0.4, -0.2) is 29.1 Å². The molecule has 0 amide bonds. The summed E-state index contributed by atoms with van der Waals surface area (Å²) in [6.07, 6.45) is 1.93. The number of rotatable bonds is 6. The number of nitrogens with zero attached hydrogens (tertiary/aromatic N) is 2. The van der Waals surface area contributed by atoms with Gasteiger partial charge >= 0.3 is 0 Å². The molecular weight excluding hydrogens is 396 g/mol. The summed E-state index contributed by atoms with van der Waals surface area (Å²) in [5, 5.41) is 13.7. The van der Waals surface area contributed by atoms with E-state index in [0.29, 0.717) is 29.0 Å². The van der Waals surface area contributed by atoms with E-state index < -0.39 is 0 Å². The van der Waals surface area contributed by atoms with Crippen LogP contribution in [0.25, 0.3) is 10.8 Å². The Morgan fingerprint density at radius 2 is 1.67 bits per heavy atom. The molecule has 0 aliphatic rings. The molecule has 3 aromatic carbocycles. The minimum Gasteiger partial charge on any atom is -0.497 e. The van der Waals surface area contributed by atoms with Crippen LogP contribution in [-0.2, 0) is 6.54 Å². The highest BCUT2D eigenvalue weighted by molar-refractivity contribution is 7.80. The number of benzene rings is 3. The molecular formula is C23H22N4O2S. The van der Waals surface area contributed by atoms with Crippen LogP contribution in [0.4, 0.5) is 11.5 Å². The van der Waals surface area contributed by atoms with Crippen molar-refractivity contribution in [2.24, 2.45) is 0 Å². The van der Waals surface area contributed by atoms with Gasteiger partial charge in [0.15, 0.2) is 10.9 Å². The van der Waals surface area contributed by atoms with Crippen molar-refractivity contribution in [1.82, 2.24) is 9.78 Å². The summed E-state index contributed by atoms with van der Waals surface area (Å²) in [5.41, 5.74) is 1.98. The third-order valence-electron chi connectivity index (χ3n) is 4.70. The summed E-state index contributed by atoms with van der Waals surface area (Å²) in [5.74, 6) is 2.03. The standard InChI is InChI=1S/C23H22N4O2S/c1-28-19-12-18(13-20(14-19)29-2)24-23(30)25-22-10-11-27(26-22)15-17-8-5-7-16-6-3-4-9-21(16)17/h3-14H,15H2,1-2H3,(H2,24,25,26,30). The van der Waals surface area contributed by atoms with Crippen molar-refractivity contribution in [3.05, 3.63) is 78.5 Å². The number of methoxy groups -OCH3 is 2. The van der Waals surface area contributed by atoms with Gasteiger partial charge in [-0.05, 0) is 28.6 Å². The molecule has 0 aliphatic carbocycles. The number of fused-ring (bicyclic) bond motifs is 1. The zero-order valence-electron chi connectivity index (χ0n) is 16.8. The quantitative estimate of drug-likeness (QED) is 0.434. The zero-order chi connectivity index (χ0) is 20.9. The van der Waals surface area contributed by atoms with Crippen LogP contribution in [0.1, 0.15) is 5.56 Å². The first-order valence-electron chi connectivity index (χ1n) is 9.46. The molecule has 4 aromatic rings. The lowest BCUT2D eigenvalue weighted by Gasteiger charge is -2.12. The summed E-state index contributed by atoms with van der Waals surface area (Å²) in [7, 11) is 3.22. The lowest BCUT2D eigenvalue weighted by atomic mass is 10.0. The Labute approximate surface area is 180 Å². The van der Waals surface area contributed by atoms with Gasteiger partial charge in [0.05, 0.1) is 20.8 Å². The van der Waals surface area contributed by atoms with E-state index in [1.165, 1.54) is 16.3 Å². The summed E-state index contributed by atoms with van der Waals surface area (Å²) in [6, 6.07) is 22.1. The normalized spacial score (nSPS) is 10.6. The van der Waals surface area contributed by atoms with Crippen molar-refractivity contribution in [3.63, 3.8) is 0 Å². The Kier molecular flexibility index (Phi) is 5.81. The highest BCUT2D eigenvalue weighted by atomic mass is 32.1. The fraction of sp³-hybridized carbons (Fsp3) is 0.130. The van der Waals surface area contributed by atoms with Gasteiger partial charge in [0.2, 0.25) is 0 Å². The van der Waals surface area contributed by atoms with Crippen molar-refractivity contribution in [3.8, 4) is 11.5 Å². The third kappa shape index (κ3) is 4.52. The van der Waals surface area contributed by atoms with Gasteiger partial charge in [-0.2, -0.15) is 5.10 Å². The van der Waals surface area contributed by atoms with E-state index in [1.54, 1.807) is 20.3 Å². The Bertz CT molecular complexity index is 1160. The molecule has 0 atom stereocenters. The van der Waals surface area contributed by atoms with Crippen LogP contribution in [0.3, 0.4) is 0 Å². The summed E-state index contributed by atoms with van der Waals surface area (Å²) in [4.78, 5) is 0. The van der Waals surface area contributed by atoms with Gasteiger partial charge in [-0.1, -0.05) is 42.5 Å². The second-order valence-corrected chi connectivity index (χ2v) is 7.13. The van der Waals surface area contributed by atoms with Crippen LogP contribution < -0.4 is 20.1 Å². The Morgan fingerprint density at radius 1 is 0.933 bits per heavy atom. The van der Waals surface area contributed by atoms with Crippen LogP contribution in [0.15, 0.2) is 72.9 Å². The van der Waals surface area contributed by atoms with Gasteiger partial charge in [-0.25, -0.2) is 0 Å². The van der Waals surface area contributed by atoms with Crippen LogP contribution >= 0.6 is 12.2 Å². The second kappa shape index (κ2) is 8.84. The fourth-order valence-electron chi connectivity index (χ4n) is 3.28. The van der Waals surface area contributed by atoms with Gasteiger partial charge in [-0.15, -0.1) is 0 Å². The van der Waals surface area contributed by atoms with E-state index in [0.717, 1.165) is 5.69 Å². The number of thiocarbonyl (C=S) groups is 1. The largest absolute Gasteiger partial charge is 0.497 e. The van der Waals surface area contributed by atoms with Crippen LogP contribution in [0.2, 0.25) is 0 Å². The number of nitrogens with one attached hydrogen (secondary N) is 2. The topological polar surface area (TPSA) is 60.3 Å². The molecule has 6 nitrogen and oxygen atoms in total. The van der Waals surface area contributed by atoms with E-state index in [2.05, 4.69) is 52.1 Å². The van der Waals surface area contributed by atoms with Crippen molar-refractivity contribution < 1.29 is 9.47 Å². The zero-order valence-corrected chi connectivity index (χ0v) is 17.6. The average Bonchev–Trinajstić information content (AvgIpc) is 3.20. The highest BCUT2D eigenvalue weighted by Gasteiger charge is 2.07. The maximum Gasteiger partial charge on any atom is 0.176 e. The Balaban J connectivity index is 1.44. The molecule has 1 aromatic heterocycles. The smallest absolute Gasteiger partial charge is 0.176 e. The number of anilines is 2. The average molecular weight is 419 g/mol. The first kappa shape index (κ1) is 19.7. The lowest BCUT2D eigenvalue weighted by molar-refractivity contribution is 0.395. The molecule has 1 heterocycles. The fourth-order valence-corrected chi connectivity index (χ4v) is 3.50. The Hall–Kier alpha value is -3.58. The predicted octanol–water partition coefficient (Wildman–Crippen LogP) is 4.91. The monoisotopic (exact) mass is 418 g/mol. The lowest BCUT2D eigenvalue weighted by Crippen LogP contribution is -2.19. The number of hydrogen-bond donors (Lipinski definition) is 2. The number of aromatic nitrogens is 2. The number of hydrogen-bond acceptors (Lipinski definition) is 4. The van der Waals surface area contributed by atoms with Gasteiger partial charge in [0.1, 0.15) is 11.5 Å². The van der Waals surface area contributed by atoms with E-state index in [9.17, 15) is 0 Å². The van der Waals surface area contributed by atoms with Crippen LogP contribution in [0.5, 0.6) is 11.5 Å². The van der Waals surface area contributed by atoms with Crippen LogP contribution in [0, 0.1) is 0 Å². The maximum atomic E-state index is 5.43. The minimum atomic E-state index is 0.431. The highest BCUT2D eigenvalue weighted by Crippen LogP contribution is 2.26. The summed E-state index contributed by atoms with van der Waals surface area (Å²) < 4.78 is 12.5. The molecule has 0 fully saturated rings. The van der Waals surface area contributed by atoms with Crippen molar-refractivity contribution in [2.75, 3.05) is 24.9 Å². The Morgan fingerprint density at radius 3 is 2.43 bits per heavy atom. The molecule has 0 bridgehead atoms. The molecule has 0 saturated carbocycles. The van der Waals surface area contributed by atoms with E-state index in [-0.39, 0.29) is 0 Å². The predicted molar refractivity (Wildman–Crippen MR) is 125 cm³/mol. The summed E-state index contributed by atoms with van der Waals surface area (Å²) >= 11 is 5.43. The van der Waals surface area contributed by atoms with Gasteiger partial charge in [-0.3, -0.25) is 4.68 Å². The molecule has 0 aliphatic heterocycles. The van der Waals surface area contributed by atoms with Gasteiger partial charge in [0, 0.05) is 36.1 Å². The van der Waals surface area contributed by atoms with Crippen molar-refractivity contribution >= 4 is 39.6 Å². The molecule has 0 spiro atoms. The van der Waals surface area contributed by atoms with Crippen molar-refractivity contribution in [1.29, 1.82) is 0 Å². The van der Waals surface area contributed by atoms with Gasteiger partial charge in [0.25, 0.3) is 0 Å². The second-order valence-electron chi connectivity index (χ2n) is 6.72. The molecule has 30 heavy (non-hydrogen) atoms. The molecule has 152 valence electrons. The molecule has 0 unspecified atom stereocenters. The molecule has 0 radical (unpaired) electrons. The first-order chi connectivity index (χ1) is 14.6. The SMILES string of the molecule is COc1cc(NC(=S)Nc2ccn(Cc3cccc4ccccc34)n2)cc(OC)c1. The first-order valence-corrected chi connectivity index (χ1v) is 9.86. The minimum absolute atomic E-state index is 0.431. The van der Waals surface area contributed by atoms with Gasteiger partial charge < -0.3 is 20.1 Å². The molecule has 7 heteroatoms. The van der Waals surface area contributed by atoms with E-state index >= 15 is 0 Å². The van der Waals surface area contributed by atoms with E-state index in [4.69, 9.17) is 21.7 Å². The molecule has 4 rings (SSSR count). The third-order valence-corrected chi connectivity index (χ3v) is 4.91. The molecule has 2 N–H and O–H groups in total. The van der Waals surface area contributed by atoms with E-state index in [1.807, 2.05) is 35.1 Å². The molecule has 0 saturated heterocycles.